The summed E-state index contributed by atoms with van der Waals surface area (Å²) in [6, 6.07) is 21.3. The number of benzene rings is 3. The van der Waals surface area contributed by atoms with Gasteiger partial charge in [0.05, 0.1) is 11.9 Å². The summed E-state index contributed by atoms with van der Waals surface area (Å²) in [5, 5.41) is 3.61. The maximum atomic E-state index is 14.8. The summed E-state index contributed by atoms with van der Waals surface area (Å²) >= 11 is 5.98. The number of carbonyl (C=O) groups is 2. The van der Waals surface area contributed by atoms with E-state index in [2.05, 4.69) is 5.32 Å². The number of anilines is 1. The first-order valence-electron chi connectivity index (χ1n) is 14.2. The van der Waals surface area contributed by atoms with Crippen LogP contribution >= 0.6 is 11.6 Å². The zero-order valence-electron chi connectivity index (χ0n) is 23.7. The van der Waals surface area contributed by atoms with E-state index in [9.17, 15) is 22.4 Å². The van der Waals surface area contributed by atoms with Gasteiger partial charge in [-0.05, 0) is 55.2 Å². The van der Waals surface area contributed by atoms with E-state index in [0.717, 1.165) is 37.5 Å². The minimum Gasteiger partial charge on any atom is -0.352 e. The second-order valence-corrected chi connectivity index (χ2v) is 13.1. The van der Waals surface area contributed by atoms with Crippen molar-refractivity contribution in [1.29, 1.82) is 0 Å². The molecule has 1 N–H and O–H groups in total. The Kier molecular flexibility index (Phi) is 11.0. The van der Waals surface area contributed by atoms with Gasteiger partial charge in [0.15, 0.2) is 0 Å². The highest BCUT2D eigenvalue weighted by molar-refractivity contribution is 7.92. The quantitative estimate of drug-likeness (QED) is 0.267. The van der Waals surface area contributed by atoms with E-state index in [4.69, 9.17) is 11.6 Å². The van der Waals surface area contributed by atoms with Crippen LogP contribution in [0.4, 0.5) is 10.1 Å². The van der Waals surface area contributed by atoms with Gasteiger partial charge >= 0.3 is 0 Å². The molecule has 1 atom stereocenters. The van der Waals surface area contributed by atoms with Crippen LogP contribution in [0.1, 0.15) is 49.7 Å². The summed E-state index contributed by atoms with van der Waals surface area (Å²) in [7, 11) is -3.64. The van der Waals surface area contributed by atoms with Crippen LogP contribution in [0.2, 0.25) is 5.02 Å². The first-order valence-corrected chi connectivity index (χ1v) is 16.4. The van der Waals surface area contributed by atoms with E-state index in [-0.39, 0.29) is 50.2 Å². The molecule has 1 aliphatic rings. The Morgan fingerprint density at radius 1 is 0.976 bits per heavy atom. The molecule has 1 aliphatic carbocycles. The smallest absolute Gasteiger partial charge is 0.243 e. The van der Waals surface area contributed by atoms with Crippen LogP contribution in [0.3, 0.4) is 0 Å². The van der Waals surface area contributed by atoms with Crippen LogP contribution in [0.25, 0.3) is 0 Å². The number of hydrogen-bond acceptors (Lipinski definition) is 4. The van der Waals surface area contributed by atoms with Crippen molar-refractivity contribution in [3.05, 3.63) is 101 Å². The molecule has 2 amide bonds. The normalized spacial score (nSPS) is 14.4. The van der Waals surface area contributed by atoms with E-state index in [1.807, 2.05) is 30.3 Å². The van der Waals surface area contributed by atoms with Crippen LogP contribution in [-0.4, -0.2) is 50.0 Å². The van der Waals surface area contributed by atoms with Crippen molar-refractivity contribution in [1.82, 2.24) is 10.2 Å². The Labute approximate surface area is 252 Å². The van der Waals surface area contributed by atoms with Gasteiger partial charge in [0.25, 0.3) is 0 Å². The average Bonchev–Trinajstić information content (AvgIpc) is 3.47. The second-order valence-electron chi connectivity index (χ2n) is 10.7. The molecule has 10 heteroatoms. The largest absolute Gasteiger partial charge is 0.352 e. The summed E-state index contributed by atoms with van der Waals surface area (Å²) in [6.45, 7) is -0.0363. The molecule has 42 heavy (non-hydrogen) atoms. The van der Waals surface area contributed by atoms with Crippen molar-refractivity contribution >= 4 is 39.1 Å². The molecule has 1 unspecified atom stereocenters. The zero-order valence-corrected chi connectivity index (χ0v) is 25.3. The van der Waals surface area contributed by atoms with Crippen molar-refractivity contribution in [2.45, 2.75) is 63.6 Å². The highest BCUT2D eigenvalue weighted by Crippen LogP contribution is 2.23. The van der Waals surface area contributed by atoms with Crippen molar-refractivity contribution < 1.29 is 22.4 Å². The van der Waals surface area contributed by atoms with Gasteiger partial charge in [-0.2, -0.15) is 0 Å². The maximum absolute atomic E-state index is 14.8. The molecular formula is C32H37ClFN3O4S. The zero-order chi connectivity index (χ0) is 30.1. The van der Waals surface area contributed by atoms with Gasteiger partial charge in [-0.15, -0.1) is 0 Å². The number of nitrogens with zero attached hydrogens (tertiary/aromatic N) is 2. The molecular weight excluding hydrogens is 577 g/mol. The van der Waals surface area contributed by atoms with E-state index in [1.54, 1.807) is 42.5 Å². The van der Waals surface area contributed by atoms with Crippen LogP contribution in [-0.2, 0) is 32.6 Å². The lowest BCUT2D eigenvalue weighted by Crippen LogP contribution is -2.52. The third-order valence-corrected chi connectivity index (χ3v) is 8.98. The fraction of sp³-hybridized carbons (Fsp3) is 0.375. The van der Waals surface area contributed by atoms with E-state index in [1.165, 1.54) is 15.3 Å². The summed E-state index contributed by atoms with van der Waals surface area (Å²) in [5.41, 5.74) is 1.62. The molecule has 0 spiro atoms. The minimum atomic E-state index is -3.64. The van der Waals surface area contributed by atoms with Gasteiger partial charge in [-0.3, -0.25) is 13.9 Å². The van der Waals surface area contributed by atoms with Gasteiger partial charge in [-0.25, -0.2) is 12.8 Å². The van der Waals surface area contributed by atoms with Crippen molar-refractivity contribution in [2.75, 3.05) is 17.1 Å². The fourth-order valence-corrected chi connectivity index (χ4v) is 6.43. The lowest BCUT2D eigenvalue weighted by molar-refractivity contribution is -0.141. The number of rotatable bonds is 13. The molecule has 3 aromatic carbocycles. The number of sulfonamides is 1. The van der Waals surface area contributed by atoms with Crippen LogP contribution in [0.15, 0.2) is 78.9 Å². The lowest BCUT2D eigenvalue weighted by Gasteiger charge is -2.33. The maximum Gasteiger partial charge on any atom is 0.243 e. The Hall–Kier alpha value is -3.43. The summed E-state index contributed by atoms with van der Waals surface area (Å²) in [5.74, 6) is -1.09. The van der Waals surface area contributed by atoms with Crippen LogP contribution in [0.5, 0.6) is 0 Å². The molecule has 1 saturated carbocycles. The van der Waals surface area contributed by atoms with E-state index in [0.29, 0.717) is 16.3 Å². The van der Waals surface area contributed by atoms with Crippen LogP contribution in [0, 0.1) is 5.82 Å². The summed E-state index contributed by atoms with van der Waals surface area (Å²) in [6.07, 6.45) is 5.39. The molecule has 1 fully saturated rings. The standard InChI is InChI=1S/C32H37ClFN3O4S/c1-42(40,41)37(28-19-17-26(33)18-20-28)21-9-16-31(38)36(23-25-12-5-8-15-29(25)34)30(22-24-10-3-2-4-11-24)32(39)35-27-13-6-7-14-27/h2-5,8,10-12,15,17-20,27,30H,6-7,9,13-14,16,21-23H2,1H3,(H,35,39). The van der Waals surface area contributed by atoms with E-state index < -0.39 is 21.9 Å². The lowest BCUT2D eigenvalue weighted by atomic mass is 10.0. The predicted octanol–water partition coefficient (Wildman–Crippen LogP) is 5.72. The molecule has 0 bridgehead atoms. The molecule has 224 valence electrons. The molecule has 0 heterocycles. The Morgan fingerprint density at radius 3 is 2.26 bits per heavy atom. The number of nitrogens with one attached hydrogen (secondary N) is 1. The number of hydrogen-bond donors (Lipinski definition) is 1. The van der Waals surface area contributed by atoms with Gasteiger partial charge in [0, 0.05) is 42.6 Å². The molecule has 4 rings (SSSR count). The molecule has 0 radical (unpaired) electrons. The fourth-order valence-electron chi connectivity index (χ4n) is 5.34. The second kappa shape index (κ2) is 14.6. The average molecular weight is 614 g/mol. The molecule has 0 aromatic heterocycles. The van der Waals surface area contributed by atoms with Gasteiger partial charge in [0.2, 0.25) is 21.8 Å². The minimum absolute atomic E-state index is 0.0317. The van der Waals surface area contributed by atoms with E-state index >= 15 is 0 Å². The molecule has 0 aliphatic heterocycles. The van der Waals surface area contributed by atoms with Gasteiger partial charge < -0.3 is 10.2 Å². The Bertz CT molecular complexity index is 1450. The first-order chi connectivity index (χ1) is 20.1. The Morgan fingerprint density at radius 2 is 1.62 bits per heavy atom. The topological polar surface area (TPSA) is 86.8 Å². The Balaban J connectivity index is 1.59. The van der Waals surface area contributed by atoms with Crippen molar-refractivity contribution in [3.8, 4) is 0 Å². The highest BCUT2D eigenvalue weighted by Gasteiger charge is 2.32. The SMILES string of the molecule is CS(=O)(=O)N(CCCC(=O)N(Cc1ccccc1F)C(Cc1ccccc1)C(=O)NC1CCCC1)c1ccc(Cl)cc1. The van der Waals surface area contributed by atoms with Crippen LogP contribution < -0.4 is 9.62 Å². The molecule has 7 nitrogen and oxygen atoms in total. The highest BCUT2D eigenvalue weighted by atomic mass is 35.5. The monoisotopic (exact) mass is 613 g/mol. The summed E-state index contributed by atoms with van der Waals surface area (Å²) in [4.78, 5) is 29.1. The van der Waals surface area contributed by atoms with Crippen molar-refractivity contribution in [3.63, 3.8) is 0 Å². The number of halogens is 2. The third kappa shape index (κ3) is 8.79. The third-order valence-electron chi connectivity index (χ3n) is 7.54. The predicted molar refractivity (Wildman–Crippen MR) is 164 cm³/mol. The molecule has 0 saturated heterocycles. The van der Waals surface area contributed by atoms with Gasteiger partial charge in [-0.1, -0.05) is 73.0 Å². The number of carbonyl (C=O) groups excluding carboxylic acids is 2. The van der Waals surface area contributed by atoms with Crippen molar-refractivity contribution in [2.24, 2.45) is 0 Å². The number of amides is 2. The first kappa shape index (κ1) is 31.5. The van der Waals surface area contributed by atoms with Gasteiger partial charge in [0.1, 0.15) is 11.9 Å². The molecule has 3 aromatic rings. The summed E-state index contributed by atoms with van der Waals surface area (Å²) < 4.78 is 41.2.